The Labute approximate surface area is 97.4 Å². The van der Waals surface area contributed by atoms with Crippen LogP contribution in [0.1, 0.15) is 40.0 Å². The zero-order valence-electron chi connectivity index (χ0n) is 10.6. The maximum atomic E-state index is 12.6. The van der Waals surface area contributed by atoms with E-state index in [-0.39, 0.29) is 12.1 Å². The highest BCUT2D eigenvalue weighted by atomic mass is 19.3. The topological polar surface area (TPSA) is 15.3 Å². The van der Waals surface area contributed by atoms with Crippen molar-refractivity contribution in [1.82, 2.24) is 10.2 Å². The highest BCUT2D eigenvalue weighted by Crippen LogP contribution is 2.28. The Bertz CT molecular complexity index is 205. The molecule has 1 aliphatic heterocycles. The van der Waals surface area contributed by atoms with Crippen molar-refractivity contribution in [2.75, 3.05) is 19.6 Å². The van der Waals surface area contributed by atoms with Crippen molar-refractivity contribution in [2.24, 2.45) is 0 Å². The van der Waals surface area contributed by atoms with Gasteiger partial charge in [0, 0.05) is 24.7 Å². The number of nitrogens with one attached hydrogen (secondary N) is 1. The van der Waals surface area contributed by atoms with Crippen molar-refractivity contribution in [3.05, 3.63) is 0 Å². The lowest BCUT2D eigenvalue weighted by Gasteiger charge is -2.49. The minimum atomic E-state index is -2.23. The molecule has 1 rings (SSSR count). The van der Waals surface area contributed by atoms with Crippen LogP contribution in [-0.2, 0) is 0 Å². The van der Waals surface area contributed by atoms with Crippen molar-refractivity contribution in [3.63, 3.8) is 0 Å². The van der Waals surface area contributed by atoms with Crippen LogP contribution in [0.2, 0.25) is 0 Å². The molecule has 0 aromatic carbocycles. The van der Waals surface area contributed by atoms with Gasteiger partial charge in [-0.05, 0) is 19.3 Å². The highest BCUT2D eigenvalue weighted by molar-refractivity contribution is 4.97. The summed E-state index contributed by atoms with van der Waals surface area (Å²) in [7, 11) is 0. The number of halogens is 2. The van der Waals surface area contributed by atoms with Gasteiger partial charge in [-0.1, -0.05) is 20.8 Å². The van der Waals surface area contributed by atoms with E-state index >= 15 is 0 Å². The average Bonchev–Trinajstić information content (AvgIpc) is 2.28. The molecule has 0 aliphatic carbocycles. The molecular weight excluding hydrogens is 210 g/mol. The monoisotopic (exact) mass is 234 g/mol. The van der Waals surface area contributed by atoms with Crippen molar-refractivity contribution >= 4 is 0 Å². The van der Waals surface area contributed by atoms with Gasteiger partial charge in [-0.25, -0.2) is 8.78 Å². The number of alkyl halides is 2. The maximum Gasteiger partial charge on any atom is 0.251 e. The van der Waals surface area contributed by atoms with Crippen molar-refractivity contribution in [2.45, 2.75) is 58.0 Å². The minimum Gasteiger partial charge on any atom is -0.311 e. The van der Waals surface area contributed by atoms with Gasteiger partial charge in [-0.15, -0.1) is 0 Å². The molecule has 0 aromatic heterocycles. The second-order valence-corrected chi connectivity index (χ2v) is 4.71. The Kier molecular flexibility index (Phi) is 5.12. The standard InChI is InChI=1S/C12H24F2N2/c1-4-10-7-16(8-11(13)14)12(5-2,6-3)9-15-10/h10-11,15H,4-9H2,1-3H3. The molecule has 0 saturated carbocycles. The van der Waals surface area contributed by atoms with Gasteiger partial charge in [0.1, 0.15) is 0 Å². The number of rotatable bonds is 5. The number of nitrogens with zero attached hydrogens (tertiary/aromatic N) is 1. The van der Waals surface area contributed by atoms with E-state index in [0.717, 1.165) is 32.4 Å². The van der Waals surface area contributed by atoms with Crippen LogP contribution in [0, 0.1) is 0 Å². The van der Waals surface area contributed by atoms with Crippen LogP contribution < -0.4 is 5.32 Å². The molecule has 2 nitrogen and oxygen atoms in total. The molecule has 1 N–H and O–H groups in total. The summed E-state index contributed by atoms with van der Waals surface area (Å²) >= 11 is 0. The Morgan fingerprint density at radius 3 is 2.38 bits per heavy atom. The van der Waals surface area contributed by atoms with Gasteiger partial charge in [-0.3, -0.25) is 4.90 Å². The summed E-state index contributed by atoms with van der Waals surface area (Å²) in [6.45, 7) is 7.79. The van der Waals surface area contributed by atoms with Crippen LogP contribution in [-0.4, -0.2) is 42.5 Å². The van der Waals surface area contributed by atoms with Gasteiger partial charge in [-0.2, -0.15) is 0 Å². The summed E-state index contributed by atoms with van der Waals surface area (Å²) in [4.78, 5) is 2.00. The first-order valence-electron chi connectivity index (χ1n) is 6.34. The first kappa shape index (κ1) is 13.8. The van der Waals surface area contributed by atoms with E-state index in [2.05, 4.69) is 26.1 Å². The molecule has 16 heavy (non-hydrogen) atoms. The van der Waals surface area contributed by atoms with Gasteiger partial charge < -0.3 is 5.32 Å². The van der Waals surface area contributed by atoms with Gasteiger partial charge >= 0.3 is 0 Å². The molecule has 4 heteroatoms. The molecule has 1 aliphatic rings. The lowest BCUT2D eigenvalue weighted by atomic mass is 9.87. The molecule has 1 saturated heterocycles. The van der Waals surface area contributed by atoms with E-state index in [1.165, 1.54) is 0 Å². The predicted molar refractivity (Wildman–Crippen MR) is 63.0 cm³/mol. The van der Waals surface area contributed by atoms with Crippen molar-refractivity contribution < 1.29 is 8.78 Å². The summed E-state index contributed by atoms with van der Waals surface area (Å²) in [5.74, 6) is 0. The van der Waals surface area contributed by atoms with Crippen molar-refractivity contribution in [1.29, 1.82) is 0 Å². The minimum absolute atomic E-state index is 0.0674. The van der Waals surface area contributed by atoms with E-state index in [1.807, 2.05) is 4.90 Å². The van der Waals surface area contributed by atoms with Crippen LogP contribution >= 0.6 is 0 Å². The Morgan fingerprint density at radius 1 is 1.31 bits per heavy atom. The Balaban J connectivity index is 2.74. The normalized spacial score (nSPS) is 26.2. The second kappa shape index (κ2) is 5.92. The van der Waals surface area contributed by atoms with E-state index in [4.69, 9.17) is 0 Å². The summed E-state index contributed by atoms with van der Waals surface area (Å²) in [6, 6.07) is 0.366. The summed E-state index contributed by atoms with van der Waals surface area (Å²) in [6.07, 6.45) is 0.635. The molecule has 96 valence electrons. The molecule has 0 spiro atoms. The predicted octanol–water partition coefficient (Wildman–Crippen LogP) is 2.49. The summed E-state index contributed by atoms with van der Waals surface area (Å²) in [5.41, 5.74) is -0.0674. The van der Waals surface area contributed by atoms with Gasteiger partial charge in [0.05, 0.1) is 6.54 Å². The number of piperazine rings is 1. The van der Waals surface area contributed by atoms with Crippen LogP contribution in [0.15, 0.2) is 0 Å². The van der Waals surface area contributed by atoms with E-state index in [1.54, 1.807) is 0 Å². The Hall–Kier alpha value is -0.220. The molecular formula is C12H24F2N2. The Morgan fingerprint density at radius 2 is 1.94 bits per heavy atom. The maximum absolute atomic E-state index is 12.6. The molecule has 0 radical (unpaired) electrons. The van der Waals surface area contributed by atoms with Gasteiger partial charge in [0.15, 0.2) is 0 Å². The van der Waals surface area contributed by atoms with E-state index in [9.17, 15) is 8.78 Å². The molecule has 1 heterocycles. The smallest absolute Gasteiger partial charge is 0.251 e. The molecule has 0 bridgehead atoms. The quantitative estimate of drug-likeness (QED) is 0.786. The van der Waals surface area contributed by atoms with Gasteiger partial charge in [0.25, 0.3) is 6.43 Å². The fourth-order valence-electron chi connectivity index (χ4n) is 2.63. The van der Waals surface area contributed by atoms with Crippen LogP contribution in [0.3, 0.4) is 0 Å². The lowest BCUT2D eigenvalue weighted by molar-refractivity contribution is -0.0151. The van der Waals surface area contributed by atoms with E-state index in [0.29, 0.717) is 6.04 Å². The second-order valence-electron chi connectivity index (χ2n) is 4.71. The average molecular weight is 234 g/mol. The summed E-state index contributed by atoms with van der Waals surface area (Å²) in [5, 5.41) is 3.48. The van der Waals surface area contributed by atoms with Crippen LogP contribution in [0.5, 0.6) is 0 Å². The first-order valence-corrected chi connectivity index (χ1v) is 6.34. The zero-order chi connectivity index (χ0) is 12.2. The summed E-state index contributed by atoms with van der Waals surface area (Å²) < 4.78 is 25.2. The molecule has 1 unspecified atom stereocenters. The fourth-order valence-corrected chi connectivity index (χ4v) is 2.63. The third kappa shape index (κ3) is 2.92. The first-order chi connectivity index (χ1) is 7.57. The fraction of sp³-hybridized carbons (Fsp3) is 1.00. The van der Waals surface area contributed by atoms with Crippen LogP contribution in [0.25, 0.3) is 0 Å². The molecule has 1 atom stereocenters. The van der Waals surface area contributed by atoms with Crippen LogP contribution in [0.4, 0.5) is 8.78 Å². The highest BCUT2D eigenvalue weighted by Gasteiger charge is 2.39. The van der Waals surface area contributed by atoms with Gasteiger partial charge in [0.2, 0.25) is 0 Å². The number of hydrogen-bond donors (Lipinski definition) is 1. The van der Waals surface area contributed by atoms with Crippen molar-refractivity contribution in [3.8, 4) is 0 Å². The molecule has 0 amide bonds. The zero-order valence-corrected chi connectivity index (χ0v) is 10.6. The number of hydrogen-bond acceptors (Lipinski definition) is 2. The SMILES string of the molecule is CCC1CN(CC(F)F)C(CC)(CC)CN1. The largest absolute Gasteiger partial charge is 0.311 e. The van der Waals surface area contributed by atoms with E-state index < -0.39 is 6.43 Å². The molecule has 1 fully saturated rings. The third-order valence-electron chi connectivity index (χ3n) is 4.00. The lowest BCUT2D eigenvalue weighted by Crippen LogP contribution is -2.64. The third-order valence-corrected chi connectivity index (χ3v) is 4.00. The molecule has 0 aromatic rings.